The van der Waals surface area contributed by atoms with E-state index in [-0.39, 0.29) is 5.75 Å². The van der Waals surface area contributed by atoms with Gasteiger partial charge >= 0.3 is 0 Å². The van der Waals surface area contributed by atoms with Crippen LogP contribution in [0.4, 0.5) is 23.5 Å². The molecule has 3 aromatic rings. The first-order valence-electron chi connectivity index (χ1n) is 11.8. The van der Waals surface area contributed by atoms with Crippen molar-refractivity contribution >= 4 is 29.7 Å². The Bertz CT molecular complexity index is 1160. The highest BCUT2D eigenvalue weighted by Gasteiger charge is 2.28. The molecular formula is C25H29N7O3. The van der Waals surface area contributed by atoms with E-state index in [1.807, 2.05) is 18.2 Å². The monoisotopic (exact) mass is 475 g/mol. The van der Waals surface area contributed by atoms with Gasteiger partial charge in [0, 0.05) is 25.3 Å². The number of hydrogen-bond donors (Lipinski definition) is 2. The summed E-state index contributed by atoms with van der Waals surface area (Å²) in [5.41, 5.74) is 4.76. The molecule has 0 amide bonds. The lowest BCUT2D eigenvalue weighted by atomic mass is 10.2. The van der Waals surface area contributed by atoms with Gasteiger partial charge in [-0.1, -0.05) is 18.2 Å². The third-order valence-corrected chi connectivity index (χ3v) is 5.93. The van der Waals surface area contributed by atoms with Crippen molar-refractivity contribution in [3.63, 3.8) is 0 Å². The van der Waals surface area contributed by atoms with Gasteiger partial charge in [0.25, 0.3) is 0 Å². The molecular weight excluding hydrogens is 446 g/mol. The van der Waals surface area contributed by atoms with Crippen LogP contribution in [0.5, 0.6) is 11.5 Å². The number of phenolic OH excluding ortho intramolecular Hbond substituents is 1. The van der Waals surface area contributed by atoms with Crippen molar-refractivity contribution in [3.05, 3.63) is 54.1 Å². The molecule has 10 heteroatoms. The summed E-state index contributed by atoms with van der Waals surface area (Å²) in [6.45, 7) is 3.55. The Morgan fingerprint density at radius 1 is 1.14 bits per heavy atom. The number of hydrazone groups is 1. The van der Waals surface area contributed by atoms with Crippen LogP contribution in [-0.2, 0) is 4.74 Å². The predicted molar refractivity (Wildman–Crippen MR) is 135 cm³/mol. The second-order valence-electron chi connectivity index (χ2n) is 8.55. The average Bonchev–Trinajstić information content (AvgIpc) is 3.73. The zero-order valence-corrected chi connectivity index (χ0v) is 19.7. The Labute approximate surface area is 204 Å². The van der Waals surface area contributed by atoms with Crippen molar-refractivity contribution in [1.29, 1.82) is 0 Å². The smallest absolute Gasteiger partial charge is 0.250 e. The minimum atomic E-state index is 0.0755. The number of aromatic hydroxyl groups is 1. The second kappa shape index (κ2) is 10.6. The van der Waals surface area contributed by atoms with Crippen molar-refractivity contribution in [2.24, 2.45) is 11.0 Å². The zero-order chi connectivity index (χ0) is 24.0. The number of benzene rings is 2. The molecule has 0 atom stereocenters. The van der Waals surface area contributed by atoms with Crippen LogP contribution in [-0.4, -0.2) is 66.2 Å². The molecule has 1 aliphatic carbocycles. The van der Waals surface area contributed by atoms with Crippen LogP contribution in [0.2, 0.25) is 0 Å². The van der Waals surface area contributed by atoms with Gasteiger partial charge < -0.3 is 24.4 Å². The first-order chi connectivity index (χ1) is 17.2. The van der Waals surface area contributed by atoms with Crippen LogP contribution in [0.3, 0.4) is 0 Å². The highest BCUT2D eigenvalue weighted by atomic mass is 16.5. The molecule has 10 nitrogen and oxygen atoms in total. The van der Waals surface area contributed by atoms with Gasteiger partial charge in [0.05, 0.1) is 26.5 Å². The SMILES string of the molecule is COc1cc(/C=N/Nc2nc(N3CCOCC3)nc(N(CC3CC3)c3ccccc3)n2)ccc1O. The molecule has 2 N–H and O–H groups in total. The van der Waals surface area contributed by atoms with Gasteiger partial charge in [-0.2, -0.15) is 20.1 Å². The normalized spacial score (nSPS) is 15.9. The zero-order valence-electron chi connectivity index (χ0n) is 19.7. The maximum Gasteiger partial charge on any atom is 0.250 e. The Morgan fingerprint density at radius 2 is 1.94 bits per heavy atom. The van der Waals surface area contributed by atoms with Crippen molar-refractivity contribution in [3.8, 4) is 11.5 Å². The summed E-state index contributed by atoms with van der Waals surface area (Å²) in [6, 6.07) is 15.2. The molecule has 2 heterocycles. The molecule has 2 aliphatic rings. The van der Waals surface area contributed by atoms with E-state index < -0.39 is 0 Å². The molecule has 0 radical (unpaired) electrons. The number of para-hydroxylation sites is 1. The maximum absolute atomic E-state index is 9.81. The minimum absolute atomic E-state index is 0.0755. The van der Waals surface area contributed by atoms with Gasteiger partial charge in [0.15, 0.2) is 11.5 Å². The number of phenols is 1. The summed E-state index contributed by atoms with van der Waals surface area (Å²) in [5, 5.41) is 14.1. The fourth-order valence-electron chi connectivity index (χ4n) is 3.84. The molecule has 2 fully saturated rings. The summed E-state index contributed by atoms with van der Waals surface area (Å²) in [4.78, 5) is 18.5. The summed E-state index contributed by atoms with van der Waals surface area (Å²) >= 11 is 0. The second-order valence-corrected chi connectivity index (χ2v) is 8.55. The van der Waals surface area contributed by atoms with Gasteiger partial charge in [-0.15, -0.1) is 0 Å². The van der Waals surface area contributed by atoms with Gasteiger partial charge in [-0.3, -0.25) is 0 Å². The topological polar surface area (TPSA) is 108 Å². The molecule has 1 aliphatic heterocycles. The van der Waals surface area contributed by atoms with Gasteiger partial charge in [-0.25, -0.2) is 5.43 Å². The number of rotatable bonds is 9. The largest absolute Gasteiger partial charge is 0.504 e. The van der Waals surface area contributed by atoms with Crippen molar-refractivity contribution in [2.75, 3.05) is 55.2 Å². The van der Waals surface area contributed by atoms with E-state index in [1.54, 1.807) is 24.4 Å². The third-order valence-electron chi connectivity index (χ3n) is 5.93. The number of aromatic nitrogens is 3. The van der Waals surface area contributed by atoms with Crippen LogP contribution in [0, 0.1) is 5.92 Å². The number of morpholine rings is 1. The summed E-state index contributed by atoms with van der Waals surface area (Å²) in [7, 11) is 1.51. The molecule has 0 unspecified atom stereocenters. The lowest BCUT2D eigenvalue weighted by molar-refractivity contribution is 0.122. The number of hydrogen-bond acceptors (Lipinski definition) is 10. The molecule has 0 spiro atoms. The Hall–Kier alpha value is -3.92. The highest BCUT2D eigenvalue weighted by Crippen LogP contribution is 2.34. The van der Waals surface area contributed by atoms with E-state index >= 15 is 0 Å². The number of ether oxygens (including phenoxy) is 2. The standard InChI is InChI=1S/C25H29N7O3/c1-34-22-15-19(9-10-21(22)33)16-26-30-23-27-24(31-11-13-35-14-12-31)29-25(28-23)32(17-18-7-8-18)20-5-3-2-4-6-20/h2-6,9-10,15-16,18,33H,7-8,11-14,17H2,1H3,(H,27,28,29,30)/b26-16+. The molecule has 182 valence electrons. The van der Waals surface area contributed by atoms with Crippen LogP contribution in [0.15, 0.2) is 53.6 Å². The molecule has 1 saturated carbocycles. The number of methoxy groups -OCH3 is 1. The van der Waals surface area contributed by atoms with Gasteiger partial charge in [0.1, 0.15) is 0 Å². The lowest BCUT2D eigenvalue weighted by Crippen LogP contribution is -2.38. The van der Waals surface area contributed by atoms with E-state index in [0.717, 1.165) is 17.8 Å². The molecule has 1 saturated heterocycles. The Morgan fingerprint density at radius 3 is 2.69 bits per heavy atom. The molecule has 2 aromatic carbocycles. The van der Waals surface area contributed by atoms with Gasteiger partial charge in [-0.05, 0) is 54.7 Å². The first-order valence-corrected chi connectivity index (χ1v) is 11.8. The fraction of sp³-hybridized carbons (Fsp3) is 0.360. The molecule has 5 rings (SSSR count). The number of nitrogens with one attached hydrogen (secondary N) is 1. The summed E-state index contributed by atoms with van der Waals surface area (Å²) in [5.74, 6) is 2.63. The minimum Gasteiger partial charge on any atom is -0.504 e. The molecule has 1 aromatic heterocycles. The number of nitrogens with zero attached hydrogens (tertiary/aromatic N) is 6. The van der Waals surface area contributed by atoms with Crippen molar-refractivity contribution < 1.29 is 14.6 Å². The highest BCUT2D eigenvalue weighted by molar-refractivity contribution is 5.81. The quantitative estimate of drug-likeness (QED) is 0.355. The van der Waals surface area contributed by atoms with Crippen molar-refractivity contribution in [2.45, 2.75) is 12.8 Å². The van der Waals surface area contributed by atoms with E-state index in [9.17, 15) is 5.11 Å². The molecule has 0 bridgehead atoms. The van der Waals surface area contributed by atoms with Crippen molar-refractivity contribution in [1.82, 2.24) is 15.0 Å². The predicted octanol–water partition coefficient (Wildman–Crippen LogP) is 3.42. The van der Waals surface area contributed by atoms with Crippen LogP contribution in [0.25, 0.3) is 0 Å². The van der Waals surface area contributed by atoms with E-state index in [2.05, 4.69) is 37.4 Å². The van der Waals surface area contributed by atoms with E-state index in [0.29, 0.717) is 55.8 Å². The fourth-order valence-corrected chi connectivity index (χ4v) is 3.84. The number of anilines is 4. The third kappa shape index (κ3) is 5.78. The average molecular weight is 476 g/mol. The van der Waals surface area contributed by atoms with E-state index in [4.69, 9.17) is 19.4 Å². The Kier molecular flexibility index (Phi) is 6.89. The van der Waals surface area contributed by atoms with E-state index in [1.165, 1.54) is 20.0 Å². The Balaban J connectivity index is 1.45. The maximum atomic E-state index is 9.81. The summed E-state index contributed by atoms with van der Waals surface area (Å²) in [6.07, 6.45) is 4.06. The van der Waals surface area contributed by atoms with Crippen LogP contribution >= 0.6 is 0 Å². The first kappa shape index (κ1) is 22.9. The summed E-state index contributed by atoms with van der Waals surface area (Å²) < 4.78 is 10.7. The van der Waals surface area contributed by atoms with Crippen LogP contribution < -0.4 is 20.0 Å². The van der Waals surface area contributed by atoms with Gasteiger partial charge in [0.2, 0.25) is 17.8 Å². The molecule has 35 heavy (non-hydrogen) atoms. The lowest BCUT2D eigenvalue weighted by Gasteiger charge is -2.28. The van der Waals surface area contributed by atoms with Crippen LogP contribution in [0.1, 0.15) is 18.4 Å².